The Hall–Kier alpha value is -0.960. The van der Waals surface area contributed by atoms with E-state index in [2.05, 4.69) is 29.6 Å². The summed E-state index contributed by atoms with van der Waals surface area (Å²) in [5.41, 5.74) is 3.34. The molecule has 1 aliphatic heterocycles. The first-order valence-electron chi connectivity index (χ1n) is 8.41. The number of aliphatic imine (C=N–C) groups is 1. The highest BCUT2D eigenvalue weighted by atomic mass is 32.2. The number of hydrogen-bond donors (Lipinski definition) is 1. The Bertz CT molecular complexity index is 546. The summed E-state index contributed by atoms with van der Waals surface area (Å²) >= 11 is 1.95. The van der Waals surface area contributed by atoms with Gasteiger partial charge in [-0.3, -0.25) is 4.99 Å². The van der Waals surface area contributed by atoms with Crippen LogP contribution >= 0.6 is 11.8 Å². The van der Waals surface area contributed by atoms with Crippen LogP contribution < -0.4 is 5.32 Å². The first-order valence-corrected chi connectivity index (χ1v) is 9.40. The predicted molar refractivity (Wildman–Crippen MR) is 91.0 cm³/mol. The molecule has 1 atom stereocenters. The SMILES string of the molecule is c1ccc2c(c1)CCCC2N=C1NC2(CCCCC2)CS1. The number of amidine groups is 1. The smallest absolute Gasteiger partial charge is 0.157 e. The van der Waals surface area contributed by atoms with Crippen LogP contribution in [0.5, 0.6) is 0 Å². The van der Waals surface area contributed by atoms with Gasteiger partial charge in [-0.1, -0.05) is 55.3 Å². The largest absolute Gasteiger partial charge is 0.359 e. The van der Waals surface area contributed by atoms with E-state index in [4.69, 9.17) is 4.99 Å². The molecule has 0 amide bonds. The average molecular weight is 300 g/mol. The van der Waals surface area contributed by atoms with Crippen LogP contribution in [0.15, 0.2) is 29.3 Å². The summed E-state index contributed by atoms with van der Waals surface area (Å²) in [4.78, 5) is 5.09. The van der Waals surface area contributed by atoms with Crippen molar-refractivity contribution in [2.45, 2.75) is 62.9 Å². The van der Waals surface area contributed by atoms with Crippen LogP contribution in [0, 0.1) is 0 Å². The van der Waals surface area contributed by atoms with Gasteiger partial charge in [-0.15, -0.1) is 0 Å². The van der Waals surface area contributed by atoms with E-state index in [1.807, 2.05) is 11.8 Å². The summed E-state index contributed by atoms with van der Waals surface area (Å²) in [6.45, 7) is 0. The lowest BCUT2D eigenvalue weighted by atomic mass is 9.83. The van der Waals surface area contributed by atoms with Crippen LogP contribution in [0.25, 0.3) is 0 Å². The molecule has 21 heavy (non-hydrogen) atoms. The van der Waals surface area contributed by atoms with Crippen LogP contribution in [0.3, 0.4) is 0 Å². The summed E-state index contributed by atoms with van der Waals surface area (Å²) in [7, 11) is 0. The van der Waals surface area contributed by atoms with Crippen LogP contribution in [0.2, 0.25) is 0 Å². The molecule has 1 saturated carbocycles. The first-order chi connectivity index (χ1) is 10.3. The zero-order chi connectivity index (χ0) is 14.1. The minimum absolute atomic E-state index is 0.371. The second-order valence-electron chi connectivity index (χ2n) is 6.80. The Kier molecular flexibility index (Phi) is 3.70. The van der Waals surface area contributed by atoms with E-state index in [1.165, 1.54) is 73.4 Å². The summed E-state index contributed by atoms with van der Waals surface area (Å²) in [6.07, 6.45) is 10.5. The second-order valence-corrected chi connectivity index (χ2v) is 7.76. The van der Waals surface area contributed by atoms with Gasteiger partial charge in [-0.2, -0.15) is 0 Å². The zero-order valence-corrected chi connectivity index (χ0v) is 13.4. The summed E-state index contributed by atoms with van der Waals surface area (Å²) in [5.74, 6) is 1.22. The number of hydrogen-bond acceptors (Lipinski definition) is 2. The van der Waals surface area contributed by atoms with E-state index in [0.717, 1.165) is 0 Å². The van der Waals surface area contributed by atoms with Gasteiger partial charge in [0.05, 0.1) is 6.04 Å². The van der Waals surface area contributed by atoms with Crippen molar-refractivity contribution < 1.29 is 0 Å². The maximum absolute atomic E-state index is 5.09. The number of aryl methyl sites for hydroxylation is 1. The van der Waals surface area contributed by atoms with Gasteiger partial charge >= 0.3 is 0 Å². The number of rotatable bonds is 1. The molecular formula is C18H24N2S. The third-order valence-electron chi connectivity index (χ3n) is 5.28. The molecule has 2 nitrogen and oxygen atoms in total. The Balaban J connectivity index is 1.54. The van der Waals surface area contributed by atoms with Crippen molar-refractivity contribution in [3.05, 3.63) is 35.4 Å². The number of benzene rings is 1. The Morgan fingerprint density at radius 3 is 2.86 bits per heavy atom. The summed E-state index contributed by atoms with van der Waals surface area (Å²) in [5, 5.41) is 5.00. The molecule has 0 aromatic heterocycles. The van der Waals surface area contributed by atoms with Crippen LogP contribution in [0.1, 0.15) is 62.1 Å². The molecule has 1 spiro atoms. The molecule has 4 rings (SSSR count). The molecule has 3 aliphatic rings. The van der Waals surface area contributed by atoms with Gasteiger partial charge in [0.15, 0.2) is 5.17 Å². The van der Waals surface area contributed by atoms with Crippen molar-refractivity contribution in [1.29, 1.82) is 0 Å². The Labute approximate surface area is 131 Å². The van der Waals surface area contributed by atoms with Crippen molar-refractivity contribution in [3.8, 4) is 0 Å². The molecule has 1 N–H and O–H groups in total. The molecule has 0 bridgehead atoms. The Morgan fingerprint density at radius 1 is 1.10 bits per heavy atom. The molecule has 3 heteroatoms. The van der Waals surface area contributed by atoms with Gasteiger partial charge in [0.2, 0.25) is 0 Å². The molecule has 1 aromatic rings. The summed E-state index contributed by atoms with van der Waals surface area (Å²) < 4.78 is 0. The third kappa shape index (κ3) is 2.73. The van der Waals surface area contributed by atoms with E-state index in [9.17, 15) is 0 Å². The molecule has 2 aliphatic carbocycles. The summed E-state index contributed by atoms with van der Waals surface area (Å²) in [6, 6.07) is 9.26. The highest BCUT2D eigenvalue weighted by molar-refractivity contribution is 8.14. The number of nitrogens with one attached hydrogen (secondary N) is 1. The van der Waals surface area contributed by atoms with Gasteiger partial charge in [0, 0.05) is 11.3 Å². The highest BCUT2D eigenvalue weighted by Gasteiger charge is 2.38. The Morgan fingerprint density at radius 2 is 1.95 bits per heavy atom. The van der Waals surface area contributed by atoms with Crippen molar-refractivity contribution in [2.24, 2.45) is 4.99 Å². The minimum atomic E-state index is 0.371. The fourth-order valence-corrected chi connectivity index (χ4v) is 5.34. The maximum atomic E-state index is 5.09. The van der Waals surface area contributed by atoms with E-state index < -0.39 is 0 Å². The van der Waals surface area contributed by atoms with E-state index in [0.29, 0.717) is 11.6 Å². The fourth-order valence-electron chi connectivity index (χ4n) is 4.08. The molecular weight excluding hydrogens is 276 g/mol. The number of fused-ring (bicyclic) bond motifs is 1. The molecule has 112 valence electrons. The lowest BCUT2D eigenvalue weighted by Crippen LogP contribution is -2.45. The standard InChI is InChI=1S/C18H24N2S/c1-4-11-18(12-5-1)13-21-17(20-18)19-16-10-6-8-14-7-2-3-9-15(14)16/h2-3,7,9,16H,1,4-6,8,10-13H2,(H,19,20). The highest BCUT2D eigenvalue weighted by Crippen LogP contribution is 2.38. The predicted octanol–water partition coefficient (Wildman–Crippen LogP) is 4.46. The van der Waals surface area contributed by atoms with Gasteiger partial charge in [-0.05, 0) is 43.2 Å². The molecule has 1 heterocycles. The van der Waals surface area contributed by atoms with Crippen molar-refractivity contribution >= 4 is 16.9 Å². The average Bonchev–Trinajstić information content (AvgIpc) is 2.91. The molecule has 0 radical (unpaired) electrons. The van der Waals surface area contributed by atoms with E-state index in [-0.39, 0.29) is 0 Å². The van der Waals surface area contributed by atoms with Crippen LogP contribution in [0.4, 0.5) is 0 Å². The van der Waals surface area contributed by atoms with Crippen LogP contribution in [-0.2, 0) is 6.42 Å². The van der Waals surface area contributed by atoms with Gasteiger partial charge in [0.1, 0.15) is 0 Å². The second kappa shape index (κ2) is 5.68. The zero-order valence-electron chi connectivity index (χ0n) is 12.6. The molecule has 1 saturated heterocycles. The maximum Gasteiger partial charge on any atom is 0.157 e. The molecule has 1 unspecified atom stereocenters. The monoisotopic (exact) mass is 300 g/mol. The lowest BCUT2D eigenvalue weighted by molar-refractivity contribution is 0.303. The quantitative estimate of drug-likeness (QED) is 0.828. The van der Waals surface area contributed by atoms with Gasteiger partial charge in [0.25, 0.3) is 0 Å². The number of thioether (sulfide) groups is 1. The van der Waals surface area contributed by atoms with Gasteiger partial charge in [-0.25, -0.2) is 0 Å². The number of nitrogens with zero attached hydrogens (tertiary/aromatic N) is 1. The topological polar surface area (TPSA) is 24.4 Å². The third-order valence-corrected chi connectivity index (χ3v) is 6.46. The van der Waals surface area contributed by atoms with Crippen molar-refractivity contribution in [2.75, 3.05) is 5.75 Å². The van der Waals surface area contributed by atoms with Crippen molar-refractivity contribution in [3.63, 3.8) is 0 Å². The fraction of sp³-hybridized carbons (Fsp3) is 0.611. The van der Waals surface area contributed by atoms with Gasteiger partial charge < -0.3 is 5.32 Å². The van der Waals surface area contributed by atoms with Crippen LogP contribution in [-0.4, -0.2) is 16.5 Å². The molecule has 2 fully saturated rings. The normalized spacial score (nSPS) is 29.3. The van der Waals surface area contributed by atoms with Crippen molar-refractivity contribution in [1.82, 2.24) is 5.32 Å². The van der Waals surface area contributed by atoms with E-state index >= 15 is 0 Å². The lowest BCUT2D eigenvalue weighted by Gasteiger charge is -2.33. The molecule has 1 aromatic carbocycles. The minimum Gasteiger partial charge on any atom is -0.359 e. The first kappa shape index (κ1) is 13.7. The van der Waals surface area contributed by atoms with E-state index in [1.54, 1.807) is 0 Å².